The molecule has 0 radical (unpaired) electrons. The van der Waals surface area contributed by atoms with Gasteiger partial charge in [0.15, 0.2) is 0 Å². The van der Waals surface area contributed by atoms with Crippen LogP contribution in [0.1, 0.15) is 0 Å². The fourth-order valence-corrected chi connectivity index (χ4v) is 3.66. The molecule has 136 valence electrons. The average Bonchev–Trinajstić information content (AvgIpc) is 3.14. The third-order valence-electron chi connectivity index (χ3n) is 4.84. The van der Waals surface area contributed by atoms with E-state index in [9.17, 15) is 0 Å². The molecule has 0 aliphatic carbocycles. The molecule has 0 N–H and O–H groups in total. The van der Waals surface area contributed by atoms with Gasteiger partial charge in [0, 0.05) is 27.6 Å². The van der Waals surface area contributed by atoms with Gasteiger partial charge < -0.3 is 4.74 Å². The van der Waals surface area contributed by atoms with E-state index < -0.39 is 0 Å². The molecule has 0 saturated carbocycles. The number of hydrogen-bond acceptors (Lipinski definition) is 3. The topological polar surface area (TPSA) is 39.9 Å². The van der Waals surface area contributed by atoms with Crippen molar-refractivity contribution in [2.75, 3.05) is 7.11 Å². The van der Waals surface area contributed by atoms with Crippen molar-refractivity contribution in [1.82, 2.24) is 14.8 Å². The molecule has 5 heteroatoms. The van der Waals surface area contributed by atoms with Crippen LogP contribution < -0.4 is 4.74 Å². The van der Waals surface area contributed by atoms with Crippen molar-refractivity contribution in [3.63, 3.8) is 0 Å². The first-order valence-electron chi connectivity index (χ1n) is 8.92. The predicted molar refractivity (Wildman–Crippen MR) is 113 cm³/mol. The maximum absolute atomic E-state index is 6.10. The summed E-state index contributed by atoms with van der Waals surface area (Å²) in [7, 11) is 1.66. The molecule has 0 fully saturated rings. The van der Waals surface area contributed by atoms with Gasteiger partial charge in [0.05, 0.1) is 18.3 Å². The number of hydrogen-bond donors (Lipinski definition) is 0. The minimum atomic E-state index is 0.691. The smallest absolute Gasteiger partial charge is 0.145 e. The Morgan fingerprint density at radius 2 is 1.64 bits per heavy atom. The van der Waals surface area contributed by atoms with Crippen LogP contribution in [-0.4, -0.2) is 21.9 Å². The molecule has 3 aromatic carbocycles. The zero-order valence-electron chi connectivity index (χ0n) is 15.1. The highest BCUT2D eigenvalue weighted by Gasteiger charge is 2.18. The second-order valence-corrected chi connectivity index (χ2v) is 6.92. The van der Waals surface area contributed by atoms with E-state index in [0.717, 1.165) is 44.5 Å². The molecule has 0 unspecified atom stereocenters. The second-order valence-electron chi connectivity index (χ2n) is 6.48. The van der Waals surface area contributed by atoms with E-state index in [4.69, 9.17) is 21.4 Å². The molecule has 2 aromatic heterocycles. The highest BCUT2D eigenvalue weighted by Crippen LogP contribution is 2.36. The van der Waals surface area contributed by atoms with Gasteiger partial charge in [0.25, 0.3) is 0 Å². The second kappa shape index (κ2) is 6.66. The highest BCUT2D eigenvalue weighted by atomic mass is 35.5. The van der Waals surface area contributed by atoms with E-state index >= 15 is 0 Å². The third kappa shape index (κ3) is 2.62. The normalized spacial score (nSPS) is 11.2. The summed E-state index contributed by atoms with van der Waals surface area (Å²) in [6, 6.07) is 23.8. The Bertz CT molecular complexity index is 1290. The largest absolute Gasteiger partial charge is 0.494 e. The molecule has 0 bridgehead atoms. The standard InChI is InChI=1S/C23H16ClN3O/c1-28-20-9-5-8-18-22(20)25-14-19-21(15-6-3-2-4-7-15)26-27(23(18)19)17-12-10-16(24)11-13-17/h2-14H,1H3. The number of rotatable bonds is 3. The Labute approximate surface area is 167 Å². The van der Waals surface area contributed by atoms with Crippen molar-refractivity contribution in [2.45, 2.75) is 0 Å². The maximum Gasteiger partial charge on any atom is 0.145 e. The SMILES string of the molecule is COc1cccc2c1ncc1c(-c3ccccc3)nn(-c3ccc(Cl)cc3)c12. The van der Waals surface area contributed by atoms with E-state index in [-0.39, 0.29) is 0 Å². The molecule has 0 atom stereocenters. The summed E-state index contributed by atoms with van der Waals surface area (Å²) in [4.78, 5) is 4.69. The number of ether oxygens (including phenoxy) is 1. The summed E-state index contributed by atoms with van der Waals surface area (Å²) < 4.78 is 7.48. The highest BCUT2D eigenvalue weighted by molar-refractivity contribution is 6.30. The Kier molecular flexibility index (Phi) is 3.99. The van der Waals surface area contributed by atoms with Crippen LogP contribution in [0.4, 0.5) is 0 Å². The quantitative estimate of drug-likeness (QED) is 0.388. The molecular formula is C23H16ClN3O. The van der Waals surface area contributed by atoms with Crippen molar-refractivity contribution in [3.05, 3.63) is 84.0 Å². The number of methoxy groups -OCH3 is 1. The Morgan fingerprint density at radius 1 is 0.857 bits per heavy atom. The fraction of sp³-hybridized carbons (Fsp3) is 0.0435. The first-order valence-corrected chi connectivity index (χ1v) is 9.30. The van der Waals surface area contributed by atoms with Gasteiger partial charge in [-0.05, 0) is 30.3 Å². The van der Waals surface area contributed by atoms with E-state index in [1.54, 1.807) is 7.11 Å². The van der Waals surface area contributed by atoms with Crippen molar-refractivity contribution >= 4 is 33.4 Å². The molecule has 5 aromatic rings. The van der Waals surface area contributed by atoms with Crippen LogP contribution in [0, 0.1) is 0 Å². The van der Waals surface area contributed by atoms with Gasteiger partial charge in [0.2, 0.25) is 0 Å². The fourth-order valence-electron chi connectivity index (χ4n) is 3.53. The molecule has 2 heterocycles. The number of benzene rings is 3. The van der Waals surface area contributed by atoms with Gasteiger partial charge in [-0.3, -0.25) is 4.98 Å². The van der Waals surface area contributed by atoms with Crippen LogP contribution in [0.5, 0.6) is 5.75 Å². The number of aromatic nitrogens is 3. The van der Waals surface area contributed by atoms with Crippen LogP contribution >= 0.6 is 11.6 Å². The van der Waals surface area contributed by atoms with E-state index in [1.807, 2.05) is 65.5 Å². The minimum Gasteiger partial charge on any atom is -0.494 e. The van der Waals surface area contributed by atoms with Crippen molar-refractivity contribution in [2.24, 2.45) is 0 Å². The third-order valence-corrected chi connectivity index (χ3v) is 5.09. The van der Waals surface area contributed by atoms with Crippen molar-refractivity contribution in [3.8, 4) is 22.7 Å². The summed E-state index contributed by atoms with van der Waals surface area (Å²) in [5.41, 5.74) is 4.68. The van der Waals surface area contributed by atoms with Gasteiger partial charge >= 0.3 is 0 Å². The summed E-state index contributed by atoms with van der Waals surface area (Å²) in [5.74, 6) is 0.740. The lowest BCUT2D eigenvalue weighted by Crippen LogP contribution is -1.97. The predicted octanol–water partition coefficient (Wildman–Crippen LogP) is 5.90. The van der Waals surface area contributed by atoms with Crippen LogP contribution in [0.15, 0.2) is 79.0 Å². The van der Waals surface area contributed by atoms with Crippen LogP contribution in [-0.2, 0) is 0 Å². The van der Waals surface area contributed by atoms with Crippen LogP contribution in [0.2, 0.25) is 5.02 Å². The zero-order valence-corrected chi connectivity index (χ0v) is 15.9. The molecule has 4 nitrogen and oxygen atoms in total. The molecule has 0 saturated heterocycles. The van der Waals surface area contributed by atoms with E-state index in [1.165, 1.54) is 0 Å². The summed E-state index contributed by atoms with van der Waals surface area (Å²) in [6.07, 6.45) is 1.88. The molecule has 5 rings (SSSR count). The van der Waals surface area contributed by atoms with Gasteiger partial charge in [-0.15, -0.1) is 0 Å². The number of fused-ring (bicyclic) bond motifs is 3. The first kappa shape index (κ1) is 16.8. The zero-order chi connectivity index (χ0) is 19.1. The Morgan fingerprint density at radius 3 is 2.39 bits per heavy atom. The molecular weight excluding hydrogens is 370 g/mol. The van der Waals surface area contributed by atoms with Crippen LogP contribution in [0.3, 0.4) is 0 Å². The number of nitrogens with zero attached hydrogens (tertiary/aromatic N) is 3. The van der Waals surface area contributed by atoms with Gasteiger partial charge in [-0.1, -0.05) is 54.1 Å². The monoisotopic (exact) mass is 385 g/mol. The lowest BCUT2D eigenvalue weighted by Gasteiger charge is -2.08. The van der Waals surface area contributed by atoms with E-state index in [2.05, 4.69) is 23.2 Å². The molecule has 0 amide bonds. The Balaban J connectivity index is 1.91. The molecule has 0 spiro atoms. The lowest BCUT2D eigenvalue weighted by atomic mass is 10.1. The molecule has 0 aliphatic rings. The minimum absolute atomic E-state index is 0.691. The first-order chi connectivity index (χ1) is 13.8. The van der Waals surface area contributed by atoms with Gasteiger partial charge in [-0.2, -0.15) is 5.10 Å². The molecule has 28 heavy (non-hydrogen) atoms. The summed E-state index contributed by atoms with van der Waals surface area (Å²) >= 11 is 6.10. The van der Waals surface area contributed by atoms with Gasteiger partial charge in [-0.25, -0.2) is 4.68 Å². The number of pyridine rings is 1. The summed E-state index contributed by atoms with van der Waals surface area (Å²) in [5, 5.41) is 7.62. The average molecular weight is 386 g/mol. The van der Waals surface area contributed by atoms with Crippen molar-refractivity contribution < 1.29 is 4.74 Å². The van der Waals surface area contributed by atoms with Crippen LogP contribution in [0.25, 0.3) is 38.8 Å². The summed E-state index contributed by atoms with van der Waals surface area (Å²) in [6.45, 7) is 0. The van der Waals surface area contributed by atoms with E-state index in [0.29, 0.717) is 5.02 Å². The number of halogens is 1. The Hall–Kier alpha value is -3.37. The lowest BCUT2D eigenvalue weighted by molar-refractivity contribution is 0.419. The van der Waals surface area contributed by atoms with Crippen molar-refractivity contribution in [1.29, 1.82) is 0 Å². The maximum atomic E-state index is 6.10. The van der Waals surface area contributed by atoms with Gasteiger partial charge in [0.1, 0.15) is 17.0 Å². The number of para-hydroxylation sites is 1. The molecule has 0 aliphatic heterocycles.